The van der Waals surface area contributed by atoms with Crippen molar-refractivity contribution >= 4 is 23.5 Å². The summed E-state index contributed by atoms with van der Waals surface area (Å²) in [7, 11) is 2.58. The van der Waals surface area contributed by atoms with Crippen molar-refractivity contribution in [1.82, 2.24) is 5.32 Å². The number of methoxy groups -OCH3 is 2. The second-order valence-electron chi connectivity index (χ2n) is 5.59. The van der Waals surface area contributed by atoms with E-state index < -0.39 is 36.0 Å². The van der Waals surface area contributed by atoms with E-state index in [2.05, 4.69) is 15.4 Å². The summed E-state index contributed by atoms with van der Waals surface area (Å²) in [6.07, 6.45) is 0. The van der Waals surface area contributed by atoms with E-state index in [9.17, 15) is 23.2 Å². The maximum Gasteiger partial charge on any atom is 0.343 e. The van der Waals surface area contributed by atoms with E-state index in [0.717, 1.165) is 12.1 Å². The van der Waals surface area contributed by atoms with Crippen LogP contribution in [0.5, 0.6) is 11.5 Å². The molecule has 154 valence electrons. The average Bonchev–Trinajstić information content (AvgIpc) is 2.72. The van der Waals surface area contributed by atoms with Crippen molar-refractivity contribution in [3.63, 3.8) is 0 Å². The van der Waals surface area contributed by atoms with Crippen LogP contribution in [0.4, 0.5) is 14.5 Å². The van der Waals surface area contributed by atoms with Gasteiger partial charge < -0.3 is 24.8 Å². The molecule has 0 atom stereocenters. The molecule has 0 saturated heterocycles. The van der Waals surface area contributed by atoms with Gasteiger partial charge in [-0.2, -0.15) is 0 Å². The Labute approximate surface area is 164 Å². The highest BCUT2D eigenvalue weighted by Crippen LogP contribution is 2.28. The lowest BCUT2D eigenvalue weighted by atomic mass is 10.2. The molecule has 0 fully saturated rings. The number of carbonyl (C=O) groups excluding carboxylic acids is 3. The SMILES string of the molecule is COC(=O)COc1ccc(C(=O)NCC(=O)Nc2ccc(F)c(F)c2)cc1OC. The summed E-state index contributed by atoms with van der Waals surface area (Å²) >= 11 is 0. The number of esters is 1. The lowest BCUT2D eigenvalue weighted by Crippen LogP contribution is -2.32. The fourth-order valence-corrected chi connectivity index (χ4v) is 2.17. The van der Waals surface area contributed by atoms with E-state index in [0.29, 0.717) is 0 Å². The number of hydrogen-bond donors (Lipinski definition) is 2. The van der Waals surface area contributed by atoms with Crippen LogP contribution in [0.15, 0.2) is 36.4 Å². The molecule has 0 bridgehead atoms. The second kappa shape index (κ2) is 10.0. The molecule has 2 amide bonds. The number of carbonyl (C=O) groups is 3. The average molecular weight is 408 g/mol. The van der Waals surface area contributed by atoms with Crippen molar-refractivity contribution in [1.29, 1.82) is 0 Å². The van der Waals surface area contributed by atoms with Crippen LogP contribution in [-0.2, 0) is 14.3 Å². The smallest absolute Gasteiger partial charge is 0.343 e. The van der Waals surface area contributed by atoms with Gasteiger partial charge in [-0.15, -0.1) is 0 Å². The molecule has 10 heteroatoms. The molecule has 0 aliphatic rings. The number of anilines is 1. The molecule has 8 nitrogen and oxygen atoms in total. The molecule has 2 aromatic rings. The zero-order valence-corrected chi connectivity index (χ0v) is 15.6. The Morgan fingerprint density at radius 3 is 2.38 bits per heavy atom. The number of ether oxygens (including phenoxy) is 3. The fourth-order valence-electron chi connectivity index (χ4n) is 2.17. The van der Waals surface area contributed by atoms with Gasteiger partial charge >= 0.3 is 5.97 Å². The topological polar surface area (TPSA) is 103 Å². The third-order valence-electron chi connectivity index (χ3n) is 3.61. The van der Waals surface area contributed by atoms with Gasteiger partial charge in [0.25, 0.3) is 5.91 Å². The molecule has 2 aromatic carbocycles. The first kappa shape index (κ1) is 21.6. The molecule has 0 radical (unpaired) electrons. The molecule has 29 heavy (non-hydrogen) atoms. The second-order valence-corrected chi connectivity index (χ2v) is 5.59. The van der Waals surface area contributed by atoms with Crippen LogP contribution >= 0.6 is 0 Å². The van der Waals surface area contributed by atoms with Crippen molar-refractivity contribution in [2.75, 3.05) is 32.7 Å². The van der Waals surface area contributed by atoms with Crippen molar-refractivity contribution in [3.05, 3.63) is 53.6 Å². The molecule has 0 spiro atoms. The fraction of sp³-hybridized carbons (Fsp3) is 0.211. The quantitative estimate of drug-likeness (QED) is 0.647. The molecule has 0 unspecified atom stereocenters. The van der Waals surface area contributed by atoms with Crippen LogP contribution < -0.4 is 20.1 Å². The molecular formula is C19H18F2N2O6. The lowest BCUT2D eigenvalue weighted by Gasteiger charge is -2.12. The van der Waals surface area contributed by atoms with Crippen LogP contribution in [0.1, 0.15) is 10.4 Å². The summed E-state index contributed by atoms with van der Waals surface area (Å²) in [4.78, 5) is 35.2. The number of hydrogen-bond acceptors (Lipinski definition) is 6. The summed E-state index contributed by atoms with van der Waals surface area (Å²) in [6, 6.07) is 7.10. The predicted molar refractivity (Wildman–Crippen MR) is 97.8 cm³/mol. The van der Waals surface area contributed by atoms with Crippen LogP contribution in [0.25, 0.3) is 0 Å². The molecular weight excluding hydrogens is 390 g/mol. The highest BCUT2D eigenvalue weighted by molar-refractivity contribution is 5.99. The zero-order chi connectivity index (χ0) is 21.4. The molecule has 0 saturated carbocycles. The van der Waals surface area contributed by atoms with Crippen molar-refractivity contribution in [2.24, 2.45) is 0 Å². The highest BCUT2D eigenvalue weighted by atomic mass is 19.2. The highest BCUT2D eigenvalue weighted by Gasteiger charge is 2.14. The number of amides is 2. The first-order valence-electron chi connectivity index (χ1n) is 8.24. The zero-order valence-electron chi connectivity index (χ0n) is 15.6. The summed E-state index contributed by atoms with van der Waals surface area (Å²) in [5.74, 6) is -3.51. The number of nitrogens with one attached hydrogen (secondary N) is 2. The van der Waals surface area contributed by atoms with Gasteiger partial charge in [0.05, 0.1) is 20.8 Å². The third kappa shape index (κ3) is 6.16. The summed E-state index contributed by atoms with van der Waals surface area (Å²) in [5, 5.41) is 4.72. The van der Waals surface area contributed by atoms with E-state index in [1.54, 1.807) is 0 Å². The lowest BCUT2D eigenvalue weighted by molar-refractivity contribution is -0.142. The first-order chi connectivity index (χ1) is 13.8. The Bertz CT molecular complexity index is 920. The van der Waals surface area contributed by atoms with Gasteiger partial charge in [0.15, 0.2) is 29.7 Å². The minimum atomic E-state index is -1.10. The number of halogens is 2. The first-order valence-corrected chi connectivity index (χ1v) is 8.24. The van der Waals surface area contributed by atoms with Gasteiger partial charge in [-0.05, 0) is 30.3 Å². The van der Waals surface area contributed by atoms with Gasteiger partial charge in [-0.1, -0.05) is 0 Å². The molecule has 0 aliphatic heterocycles. The Morgan fingerprint density at radius 1 is 0.966 bits per heavy atom. The van der Waals surface area contributed by atoms with E-state index in [-0.39, 0.29) is 29.4 Å². The van der Waals surface area contributed by atoms with Gasteiger partial charge in [0.1, 0.15) is 0 Å². The molecule has 2 rings (SSSR count). The number of benzene rings is 2. The maximum absolute atomic E-state index is 13.1. The summed E-state index contributed by atoms with van der Waals surface area (Å²) in [6.45, 7) is -0.733. The van der Waals surface area contributed by atoms with Crippen LogP contribution in [0, 0.1) is 11.6 Å². The van der Waals surface area contributed by atoms with Gasteiger partial charge in [0, 0.05) is 17.3 Å². The predicted octanol–water partition coefficient (Wildman–Crippen LogP) is 1.89. The van der Waals surface area contributed by atoms with Crippen molar-refractivity contribution < 1.29 is 37.4 Å². The van der Waals surface area contributed by atoms with Gasteiger partial charge in [-0.3, -0.25) is 9.59 Å². The minimum absolute atomic E-state index is 0.0527. The van der Waals surface area contributed by atoms with E-state index in [4.69, 9.17) is 9.47 Å². The molecule has 0 heterocycles. The normalized spacial score (nSPS) is 10.1. The number of rotatable bonds is 8. The maximum atomic E-state index is 13.1. The van der Waals surface area contributed by atoms with Crippen LogP contribution in [0.3, 0.4) is 0 Å². The largest absolute Gasteiger partial charge is 0.493 e. The van der Waals surface area contributed by atoms with Gasteiger partial charge in [-0.25, -0.2) is 13.6 Å². The molecule has 0 aromatic heterocycles. The van der Waals surface area contributed by atoms with Crippen LogP contribution in [0.2, 0.25) is 0 Å². The monoisotopic (exact) mass is 408 g/mol. The summed E-state index contributed by atoms with van der Waals surface area (Å²) < 4.78 is 40.9. The van der Waals surface area contributed by atoms with Crippen molar-refractivity contribution in [3.8, 4) is 11.5 Å². The Morgan fingerprint density at radius 2 is 1.72 bits per heavy atom. The van der Waals surface area contributed by atoms with Crippen molar-refractivity contribution in [2.45, 2.75) is 0 Å². The van der Waals surface area contributed by atoms with Gasteiger partial charge in [0.2, 0.25) is 5.91 Å². The Balaban J connectivity index is 1.94. The molecule has 2 N–H and O–H groups in total. The molecule has 0 aliphatic carbocycles. The van der Waals surface area contributed by atoms with E-state index in [1.165, 1.54) is 38.5 Å². The summed E-state index contributed by atoms with van der Waals surface area (Å²) in [5.41, 5.74) is 0.227. The third-order valence-corrected chi connectivity index (χ3v) is 3.61. The minimum Gasteiger partial charge on any atom is -0.493 e. The van der Waals surface area contributed by atoms with Crippen LogP contribution in [-0.4, -0.2) is 45.2 Å². The van der Waals surface area contributed by atoms with E-state index in [1.807, 2.05) is 0 Å². The Kier molecular flexibility index (Phi) is 7.47. The van der Waals surface area contributed by atoms with E-state index >= 15 is 0 Å². The standard InChI is InChI=1S/C19H18F2N2O6/c1-27-16-7-11(3-6-15(16)29-10-18(25)28-2)19(26)22-9-17(24)23-12-4-5-13(20)14(21)8-12/h3-8H,9-10H2,1-2H3,(H,22,26)(H,23,24). The Hall–Kier alpha value is -3.69.